The Hall–Kier alpha value is -3.36. The molecule has 0 aliphatic carbocycles. The van der Waals surface area contributed by atoms with Gasteiger partial charge in [-0.25, -0.2) is 0 Å². The molecule has 29 heavy (non-hydrogen) atoms. The molecule has 0 saturated heterocycles. The Kier molecular flexibility index (Phi) is 6.83. The lowest BCUT2D eigenvalue weighted by Gasteiger charge is -2.14. The average Bonchev–Trinajstić information content (AvgIpc) is 3.17. The van der Waals surface area contributed by atoms with Gasteiger partial charge < -0.3 is 25.8 Å². The quantitative estimate of drug-likeness (QED) is 0.379. The molecule has 2 aromatic carbocycles. The van der Waals surface area contributed by atoms with E-state index in [1.165, 1.54) is 0 Å². The number of carbonyl (C=O) groups excluding carboxylic acids is 1. The summed E-state index contributed by atoms with van der Waals surface area (Å²) in [6, 6.07) is 14.4. The van der Waals surface area contributed by atoms with Crippen LogP contribution < -0.4 is 25.8 Å². The van der Waals surface area contributed by atoms with Gasteiger partial charge in [0, 0.05) is 43.3 Å². The van der Waals surface area contributed by atoms with Crippen molar-refractivity contribution in [2.24, 2.45) is 12.8 Å². The first-order chi connectivity index (χ1) is 14.1. The van der Waals surface area contributed by atoms with Crippen molar-refractivity contribution >= 4 is 11.6 Å². The van der Waals surface area contributed by atoms with Gasteiger partial charge in [-0.1, -0.05) is 6.07 Å². The predicted molar refractivity (Wildman–Crippen MR) is 112 cm³/mol. The molecule has 0 unspecified atom stereocenters. The Labute approximate surface area is 169 Å². The minimum Gasteiger partial charge on any atom is -0.497 e. The van der Waals surface area contributed by atoms with Gasteiger partial charge in [-0.05, 0) is 42.5 Å². The Morgan fingerprint density at radius 1 is 1.21 bits per heavy atom. The van der Waals surface area contributed by atoms with Gasteiger partial charge in [0.25, 0.3) is 5.91 Å². The number of nitrogens with zero attached hydrogens (tertiary/aromatic N) is 2. The molecule has 8 nitrogen and oxygen atoms in total. The Morgan fingerprint density at radius 3 is 2.79 bits per heavy atom. The average molecular weight is 395 g/mol. The Morgan fingerprint density at radius 2 is 2.07 bits per heavy atom. The first-order valence-corrected chi connectivity index (χ1v) is 9.24. The zero-order valence-corrected chi connectivity index (χ0v) is 16.5. The topological polar surface area (TPSA) is 103 Å². The highest BCUT2D eigenvalue weighted by Gasteiger charge is 2.13. The highest BCUT2D eigenvalue weighted by atomic mass is 16.5. The number of hydrogen-bond donors (Lipinski definition) is 3. The number of methoxy groups -OCH3 is 1. The standard InChI is InChI=1S/C21H25N5O3/c1-26-19(8-9-24-26)18-13-16(6-7-20(18)29-11-10-23-14-22)25-21(27)15-4-3-5-17(12-15)28-2/h3-9,12-13,23H,10-11,14,22H2,1-2H3,(H,25,27). The molecule has 152 valence electrons. The van der Waals surface area contributed by atoms with Crippen LogP contribution in [0.25, 0.3) is 11.3 Å². The number of carbonyl (C=O) groups is 1. The molecule has 3 rings (SSSR count). The molecule has 1 aromatic heterocycles. The van der Waals surface area contributed by atoms with Crippen LogP contribution in [0.2, 0.25) is 0 Å². The van der Waals surface area contributed by atoms with Gasteiger partial charge in [0.2, 0.25) is 0 Å². The molecule has 0 spiro atoms. The Bertz CT molecular complexity index is 970. The third-order valence-electron chi connectivity index (χ3n) is 4.35. The molecular formula is C21H25N5O3. The van der Waals surface area contributed by atoms with Crippen LogP contribution in [0.5, 0.6) is 11.5 Å². The molecule has 0 aliphatic rings. The largest absolute Gasteiger partial charge is 0.497 e. The summed E-state index contributed by atoms with van der Waals surface area (Å²) >= 11 is 0. The Balaban J connectivity index is 1.84. The van der Waals surface area contributed by atoms with Gasteiger partial charge >= 0.3 is 0 Å². The second kappa shape index (κ2) is 9.72. The monoisotopic (exact) mass is 395 g/mol. The van der Waals surface area contributed by atoms with Crippen molar-refractivity contribution in [3.05, 3.63) is 60.3 Å². The number of anilines is 1. The first kappa shape index (κ1) is 20.4. The summed E-state index contributed by atoms with van der Waals surface area (Å²) in [6.45, 7) is 1.50. The van der Waals surface area contributed by atoms with Crippen molar-refractivity contribution in [2.45, 2.75) is 0 Å². The molecule has 8 heteroatoms. The maximum absolute atomic E-state index is 12.6. The van der Waals surface area contributed by atoms with Crippen molar-refractivity contribution < 1.29 is 14.3 Å². The first-order valence-electron chi connectivity index (χ1n) is 9.24. The van der Waals surface area contributed by atoms with Gasteiger partial charge in [-0.2, -0.15) is 5.10 Å². The zero-order chi connectivity index (χ0) is 20.6. The van der Waals surface area contributed by atoms with Crippen molar-refractivity contribution in [1.29, 1.82) is 0 Å². The van der Waals surface area contributed by atoms with E-state index in [1.54, 1.807) is 42.3 Å². The lowest BCUT2D eigenvalue weighted by atomic mass is 10.1. The van der Waals surface area contributed by atoms with E-state index in [0.29, 0.717) is 42.6 Å². The molecule has 4 N–H and O–H groups in total. The van der Waals surface area contributed by atoms with Crippen molar-refractivity contribution in [1.82, 2.24) is 15.1 Å². The molecule has 0 atom stereocenters. The fourth-order valence-corrected chi connectivity index (χ4v) is 2.87. The molecule has 0 fully saturated rings. The molecule has 0 bridgehead atoms. The van der Waals surface area contributed by atoms with Crippen molar-refractivity contribution in [3.63, 3.8) is 0 Å². The fourth-order valence-electron chi connectivity index (χ4n) is 2.87. The highest BCUT2D eigenvalue weighted by molar-refractivity contribution is 6.04. The second-order valence-corrected chi connectivity index (χ2v) is 6.29. The third-order valence-corrected chi connectivity index (χ3v) is 4.35. The second-order valence-electron chi connectivity index (χ2n) is 6.29. The van der Waals surface area contributed by atoms with Gasteiger partial charge in [0.1, 0.15) is 18.1 Å². The van der Waals surface area contributed by atoms with Crippen LogP contribution in [0, 0.1) is 0 Å². The number of amides is 1. The lowest BCUT2D eigenvalue weighted by molar-refractivity contribution is 0.102. The van der Waals surface area contributed by atoms with Gasteiger partial charge in [0.15, 0.2) is 0 Å². The lowest BCUT2D eigenvalue weighted by Crippen LogP contribution is -2.27. The van der Waals surface area contributed by atoms with Gasteiger partial charge in [0.05, 0.1) is 12.8 Å². The van der Waals surface area contributed by atoms with Crippen LogP contribution in [-0.2, 0) is 7.05 Å². The van der Waals surface area contributed by atoms with E-state index >= 15 is 0 Å². The fraction of sp³-hybridized carbons (Fsp3) is 0.238. The molecule has 0 aliphatic heterocycles. The summed E-state index contributed by atoms with van der Waals surface area (Å²) < 4.78 is 12.9. The number of aromatic nitrogens is 2. The number of nitrogens with two attached hydrogens (primary N) is 1. The molecule has 1 amide bonds. The van der Waals surface area contributed by atoms with Crippen LogP contribution in [0.4, 0.5) is 5.69 Å². The molecular weight excluding hydrogens is 370 g/mol. The number of rotatable bonds is 9. The van der Waals surface area contributed by atoms with Gasteiger partial charge in [-0.3, -0.25) is 9.48 Å². The van der Waals surface area contributed by atoms with Crippen molar-refractivity contribution in [2.75, 3.05) is 32.2 Å². The number of ether oxygens (including phenoxy) is 2. The summed E-state index contributed by atoms with van der Waals surface area (Å²) in [7, 11) is 3.43. The maximum Gasteiger partial charge on any atom is 0.255 e. The van der Waals surface area contributed by atoms with E-state index in [4.69, 9.17) is 15.2 Å². The maximum atomic E-state index is 12.6. The normalized spacial score (nSPS) is 10.6. The number of benzene rings is 2. The minimum absolute atomic E-state index is 0.222. The third kappa shape index (κ3) is 5.13. The summed E-state index contributed by atoms with van der Waals surface area (Å²) in [5, 5.41) is 10.2. The van der Waals surface area contributed by atoms with Gasteiger partial charge in [-0.15, -0.1) is 0 Å². The van der Waals surface area contributed by atoms with E-state index in [0.717, 1.165) is 11.3 Å². The summed E-state index contributed by atoms with van der Waals surface area (Å²) in [5.41, 5.74) is 8.32. The smallest absolute Gasteiger partial charge is 0.255 e. The molecule has 0 radical (unpaired) electrons. The summed E-state index contributed by atoms with van der Waals surface area (Å²) in [5.74, 6) is 1.11. The number of hydrogen-bond acceptors (Lipinski definition) is 6. The van der Waals surface area contributed by atoms with E-state index < -0.39 is 0 Å². The van der Waals surface area contributed by atoms with E-state index in [-0.39, 0.29) is 5.91 Å². The van der Waals surface area contributed by atoms with Crippen LogP contribution in [0.1, 0.15) is 10.4 Å². The van der Waals surface area contributed by atoms with Crippen LogP contribution in [0.3, 0.4) is 0 Å². The molecule has 0 saturated carbocycles. The van der Waals surface area contributed by atoms with E-state index in [2.05, 4.69) is 15.7 Å². The van der Waals surface area contributed by atoms with Crippen LogP contribution in [-0.4, -0.2) is 42.6 Å². The predicted octanol–water partition coefficient (Wildman–Crippen LogP) is 2.23. The van der Waals surface area contributed by atoms with Crippen LogP contribution in [0.15, 0.2) is 54.7 Å². The number of nitrogens with one attached hydrogen (secondary N) is 2. The number of aryl methyl sites for hydroxylation is 1. The van der Waals surface area contributed by atoms with E-state index in [1.807, 2.05) is 31.3 Å². The molecule has 3 aromatic rings. The zero-order valence-electron chi connectivity index (χ0n) is 16.5. The SMILES string of the molecule is COc1cccc(C(=O)Nc2ccc(OCCNCN)c(-c3ccnn3C)c2)c1. The van der Waals surface area contributed by atoms with Crippen LogP contribution >= 0.6 is 0 Å². The summed E-state index contributed by atoms with van der Waals surface area (Å²) in [4.78, 5) is 12.6. The van der Waals surface area contributed by atoms with Crippen molar-refractivity contribution in [3.8, 4) is 22.8 Å². The van der Waals surface area contributed by atoms with E-state index in [9.17, 15) is 4.79 Å². The minimum atomic E-state index is -0.222. The molecule has 1 heterocycles. The highest BCUT2D eigenvalue weighted by Crippen LogP contribution is 2.32. The summed E-state index contributed by atoms with van der Waals surface area (Å²) in [6.07, 6.45) is 1.72.